The second-order valence-electron chi connectivity index (χ2n) is 18.8. The molecule has 2 aliphatic heterocycles. The summed E-state index contributed by atoms with van der Waals surface area (Å²) in [6.45, 7) is 7.12. The van der Waals surface area contributed by atoms with Gasteiger partial charge in [-0.1, -0.05) is 172 Å². The van der Waals surface area contributed by atoms with Gasteiger partial charge >= 0.3 is 0 Å². The first-order chi connectivity index (χ1) is 30.4. The molecule has 12 rings (SSSR count). The number of para-hydroxylation sites is 1. The highest BCUT2D eigenvalue weighted by atomic mass is 15.2. The summed E-state index contributed by atoms with van der Waals surface area (Å²) < 4.78 is 0. The first kappa shape index (κ1) is 37.2. The van der Waals surface area contributed by atoms with Gasteiger partial charge < -0.3 is 9.80 Å². The number of hydrogen-bond donors (Lipinski definition) is 0. The summed E-state index contributed by atoms with van der Waals surface area (Å²) in [5.41, 5.74) is 23.8. The van der Waals surface area contributed by atoms with Gasteiger partial charge in [0.1, 0.15) is 0 Å². The molecule has 8 aromatic carbocycles. The Labute approximate surface area is 367 Å². The molecule has 1 saturated carbocycles. The molecule has 0 aromatic heterocycles. The van der Waals surface area contributed by atoms with Gasteiger partial charge in [0, 0.05) is 45.5 Å². The van der Waals surface area contributed by atoms with E-state index >= 15 is 0 Å². The molecule has 3 heteroatoms. The van der Waals surface area contributed by atoms with Crippen LogP contribution in [0.3, 0.4) is 0 Å². The fraction of sp³-hybridized carbons (Fsp3) is 0.186. The molecular formula is C59H51BN2. The topological polar surface area (TPSA) is 6.48 Å². The summed E-state index contributed by atoms with van der Waals surface area (Å²) in [6.07, 6.45) is 6.41. The second-order valence-corrected chi connectivity index (χ2v) is 18.8. The van der Waals surface area contributed by atoms with E-state index in [2.05, 4.69) is 213 Å². The number of rotatable bonds is 5. The van der Waals surface area contributed by atoms with Crippen LogP contribution in [0.4, 0.5) is 34.1 Å². The molecule has 300 valence electrons. The standard InChI is InChI=1S/C59H51BN2/c1-39-29-34-54-52(35-39)60-51-27-14-15-28-53(51)62(46-22-16-21-43(36-46)40-17-6-4-7-18-40)56-38-44(41-19-8-5-9-20-41)37-55(58(56)60)61(54)45-32-30-42(31-33-45)57-47-23-10-12-25-49(47)59(2,3)50-26-13-11-24-48(50)57/h4,6-7,10-18,21-38,41,57H,5,8-9,19-20H2,1-3H3. The summed E-state index contributed by atoms with van der Waals surface area (Å²) in [7, 11) is 0. The van der Waals surface area contributed by atoms with Gasteiger partial charge in [-0.3, -0.25) is 0 Å². The normalized spacial score (nSPS) is 16.2. The Morgan fingerprint density at radius 2 is 1.08 bits per heavy atom. The van der Waals surface area contributed by atoms with Crippen molar-refractivity contribution in [1.82, 2.24) is 0 Å². The van der Waals surface area contributed by atoms with Gasteiger partial charge in [0.05, 0.1) is 0 Å². The van der Waals surface area contributed by atoms with Gasteiger partial charge in [0.2, 0.25) is 0 Å². The molecule has 2 aliphatic carbocycles. The zero-order chi connectivity index (χ0) is 41.5. The summed E-state index contributed by atoms with van der Waals surface area (Å²) >= 11 is 0. The lowest BCUT2D eigenvalue weighted by Gasteiger charge is -2.45. The van der Waals surface area contributed by atoms with Crippen LogP contribution in [-0.4, -0.2) is 6.71 Å². The number of fused-ring (bicyclic) bond motifs is 6. The van der Waals surface area contributed by atoms with E-state index < -0.39 is 0 Å². The molecule has 1 fully saturated rings. The molecule has 0 radical (unpaired) electrons. The van der Waals surface area contributed by atoms with Crippen LogP contribution in [0.1, 0.15) is 96.7 Å². The minimum atomic E-state index is -0.0619. The Morgan fingerprint density at radius 1 is 0.468 bits per heavy atom. The molecule has 8 aromatic rings. The van der Waals surface area contributed by atoms with Crippen molar-refractivity contribution in [3.8, 4) is 11.1 Å². The van der Waals surface area contributed by atoms with Crippen LogP contribution in [0.15, 0.2) is 182 Å². The Kier molecular flexibility index (Phi) is 8.72. The molecule has 0 saturated heterocycles. The van der Waals surface area contributed by atoms with E-state index in [1.807, 2.05) is 0 Å². The largest absolute Gasteiger partial charge is 0.311 e. The second kappa shape index (κ2) is 14.5. The highest BCUT2D eigenvalue weighted by molar-refractivity contribution is 7.00. The zero-order valence-electron chi connectivity index (χ0n) is 36.0. The predicted octanol–water partition coefficient (Wildman–Crippen LogP) is 13.6. The molecule has 4 aliphatic rings. The van der Waals surface area contributed by atoms with Gasteiger partial charge in [0.15, 0.2) is 0 Å². The van der Waals surface area contributed by atoms with Crippen LogP contribution < -0.4 is 26.2 Å². The van der Waals surface area contributed by atoms with Crippen LogP contribution in [0.25, 0.3) is 11.1 Å². The van der Waals surface area contributed by atoms with Gasteiger partial charge in [-0.25, -0.2) is 0 Å². The van der Waals surface area contributed by atoms with Crippen molar-refractivity contribution >= 4 is 57.2 Å². The summed E-state index contributed by atoms with van der Waals surface area (Å²) in [6, 6.07) is 69.5. The van der Waals surface area contributed by atoms with Crippen molar-refractivity contribution in [1.29, 1.82) is 0 Å². The van der Waals surface area contributed by atoms with Crippen molar-refractivity contribution in [3.63, 3.8) is 0 Å². The van der Waals surface area contributed by atoms with E-state index in [0.29, 0.717) is 5.92 Å². The molecule has 0 atom stereocenters. The maximum atomic E-state index is 2.61. The van der Waals surface area contributed by atoms with E-state index in [9.17, 15) is 0 Å². The average molecular weight is 799 g/mol. The first-order valence-electron chi connectivity index (χ1n) is 22.9. The number of hydrogen-bond acceptors (Lipinski definition) is 2. The van der Waals surface area contributed by atoms with Gasteiger partial charge in [-0.15, -0.1) is 0 Å². The predicted molar refractivity (Wildman–Crippen MR) is 262 cm³/mol. The Hall–Kier alpha value is -6.58. The minimum absolute atomic E-state index is 0.0619. The van der Waals surface area contributed by atoms with Gasteiger partial charge in [-0.2, -0.15) is 0 Å². The third-order valence-electron chi connectivity index (χ3n) is 14.8. The molecule has 62 heavy (non-hydrogen) atoms. The quantitative estimate of drug-likeness (QED) is 0.160. The fourth-order valence-corrected chi connectivity index (χ4v) is 11.9. The number of nitrogens with zero attached hydrogens (tertiary/aromatic N) is 2. The van der Waals surface area contributed by atoms with E-state index in [1.165, 1.54) is 133 Å². The summed E-state index contributed by atoms with van der Waals surface area (Å²) in [5.74, 6) is 0.710. The van der Waals surface area contributed by atoms with Gasteiger partial charge in [0.25, 0.3) is 6.71 Å². The Balaban J connectivity index is 1.07. The van der Waals surface area contributed by atoms with Crippen LogP contribution in [0.5, 0.6) is 0 Å². The summed E-state index contributed by atoms with van der Waals surface area (Å²) in [5, 5.41) is 0. The average Bonchev–Trinajstić information content (AvgIpc) is 3.32. The number of anilines is 6. The van der Waals surface area contributed by atoms with Gasteiger partial charge in [-0.05, 0) is 135 Å². The highest BCUT2D eigenvalue weighted by Crippen LogP contribution is 2.51. The smallest absolute Gasteiger partial charge is 0.252 e. The van der Waals surface area contributed by atoms with Crippen LogP contribution in [0.2, 0.25) is 0 Å². The van der Waals surface area contributed by atoms with Crippen LogP contribution >= 0.6 is 0 Å². The lowest BCUT2D eigenvalue weighted by Crippen LogP contribution is -2.61. The molecule has 2 nitrogen and oxygen atoms in total. The SMILES string of the molecule is Cc1ccc2c(c1)B1c3ccccc3N(c3cccc(-c4ccccc4)c3)c3cc(C4CCCCC4)cc(c31)N2c1ccc(C2c3ccccc3C(C)(C)c3ccccc32)cc1. The molecule has 0 spiro atoms. The molecule has 0 unspecified atom stereocenters. The molecule has 0 bridgehead atoms. The fourth-order valence-electron chi connectivity index (χ4n) is 11.9. The van der Waals surface area contributed by atoms with Crippen molar-refractivity contribution < 1.29 is 0 Å². The Bertz CT molecular complexity index is 2960. The maximum Gasteiger partial charge on any atom is 0.252 e. The Morgan fingerprint density at radius 3 is 1.81 bits per heavy atom. The minimum Gasteiger partial charge on any atom is -0.311 e. The van der Waals surface area contributed by atoms with Crippen molar-refractivity contribution in [3.05, 3.63) is 221 Å². The van der Waals surface area contributed by atoms with E-state index in [0.717, 1.165) is 0 Å². The first-order valence-corrected chi connectivity index (χ1v) is 22.9. The third kappa shape index (κ3) is 5.78. The monoisotopic (exact) mass is 798 g/mol. The van der Waals surface area contributed by atoms with E-state index in [-0.39, 0.29) is 18.0 Å². The number of aryl methyl sites for hydroxylation is 1. The molecular weight excluding hydrogens is 747 g/mol. The maximum absolute atomic E-state index is 2.61. The van der Waals surface area contributed by atoms with E-state index in [1.54, 1.807) is 0 Å². The van der Waals surface area contributed by atoms with Crippen LogP contribution in [-0.2, 0) is 5.41 Å². The number of benzene rings is 8. The van der Waals surface area contributed by atoms with Crippen LogP contribution in [0, 0.1) is 6.92 Å². The zero-order valence-corrected chi connectivity index (χ0v) is 36.0. The molecule has 0 amide bonds. The van der Waals surface area contributed by atoms with E-state index in [4.69, 9.17) is 0 Å². The lowest BCUT2D eigenvalue weighted by molar-refractivity contribution is 0.444. The van der Waals surface area contributed by atoms with Crippen molar-refractivity contribution in [2.45, 2.75) is 70.1 Å². The molecule has 2 heterocycles. The third-order valence-corrected chi connectivity index (χ3v) is 14.8. The lowest BCUT2D eigenvalue weighted by atomic mass is 9.33. The highest BCUT2D eigenvalue weighted by Gasteiger charge is 2.44. The van der Waals surface area contributed by atoms with Crippen molar-refractivity contribution in [2.24, 2.45) is 0 Å². The van der Waals surface area contributed by atoms with Crippen molar-refractivity contribution in [2.75, 3.05) is 9.80 Å². The summed E-state index contributed by atoms with van der Waals surface area (Å²) in [4.78, 5) is 5.20. The molecule has 0 N–H and O–H groups in total.